The van der Waals surface area contributed by atoms with Gasteiger partial charge in [-0.15, -0.1) is 11.3 Å². The molecule has 0 saturated carbocycles. The average Bonchev–Trinajstić information content (AvgIpc) is 3.15. The van der Waals surface area contributed by atoms with Crippen LogP contribution in [0.15, 0.2) is 17.5 Å². The van der Waals surface area contributed by atoms with E-state index >= 15 is 0 Å². The number of ether oxygens (including phenoxy) is 3. The van der Waals surface area contributed by atoms with Gasteiger partial charge in [0.05, 0.1) is 27.0 Å². The van der Waals surface area contributed by atoms with Crippen LogP contribution in [0, 0.1) is 5.92 Å². The van der Waals surface area contributed by atoms with Crippen LogP contribution < -0.4 is 24.8 Å². The number of benzene rings is 1. The molecule has 1 amide bonds. The van der Waals surface area contributed by atoms with E-state index in [1.165, 1.54) is 11.3 Å². The van der Waals surface area contributed by atoms with Gasteiger partial charge in [0.1, 0.15) is 0 Å². The summed E-state index contributed by atoms with van der Waals surface area (Å²) in [6.45, 7) is 1.76. The second-order valence-electron chi connectivity index (χ2n) is 5.97. The van der Waals surface area contributed by atoms with Gasteiger partial charge in [0, 0.05) is 16.9 Å². The Balaban J connectivity index is 1.80. The Morgan fingerprint density at radius 1 is 1.15 bits per heavy atom. The van der Waals surface area contributed by atoms with Crippen LogP contribution in [0.25, 0.3) is 11.3 Å². The smallest absolute Gasteiger partial charge is 0.229 e. The molecule has 1 aliphatic rings. The van der Waals surface area contributed by atoms with Gasteiger partial charge in [0.25, 0.3) is 0 Å². The van der Waals surface area contributed by atoms with Gasteiger partial charge in [-0.25, -0.2) is 4.98 Å². The van der Waals surface area contributed by atoms with E-state index in [0.29, 0.717) is 22.4 Å². The lowest BCUT2D eigenvalue weighted by molar-refractivity contribution is -0.120. The van der Waals surface area contributed by atoms with Crippen molar-refractivity contribution in [2.24, 2.45) is 5.92 Å². The first-order chi connectivity index (χ1) is 12.7. The molecule has 2 N–H and O–H groups in total. The number of methoxy groups -OCH3 is 3. The standard InChI is InChI=1S/C18H23N3O4S/c1-23-14-8-12(9-15(24-2)16(14)25-3)13-10-26-18(20-13)21-17(22)11-4-6-19-7-5-11/h8-11,19H,4-7H2,1-3H3,(H,20,21,22). The van der Waals surface area contributed by atoms with Gasteiger partial charge in [0.15, 0.2) is 16.6 Å². The number of carbonyl (C=O) groups excluding carboxylic acids is 1. The summed E-state index contributed by atoms with van der Waals surface area (Å²) in [5.41, 5.74) is 1.58. The second-order valence-corrected chi connectivity index (χ2v) is 6.82. The van der Waals surface area contributed by atoms with E-state index in [0.717, 1.165) is 37.2 Å². The number of nitrogens with one attached hydrogen (secondary N) is 2. The molecule has 1 aliphatic heterocycles. The average molecular weight is 377 g/mol. The highest BCUT2D eigenvalue weighted by molar-refractivity contribution is 7.14. The summed E-state index contributed by atoms with van der Waals surface area (Å²) in [6, 6.07) is 3.68. The Morgan fingerprint density at radius 2 is 1.81 bits per heavy atom. The fourth-order valence-electron chi connectivity index (χ4n) is 2.98. The largest absolute Gasteiger partial charge is 0.493 e. The highest BCUT2D eigenvalue weighted by Crippen LogP contribution is 2.41. The van der Waals surface area contributed by atoms with Crippen LogP contribution in [0.1, 0.15) is 12.8 Å². The Hall–Kier alpha value is -2.32. The molecule has 0 aliphatic carbocycles. The predicted octanol–water partition coefficient (Wildman–Crippen LogP) is 2.77. The number of carbonyl (C=O) groups is 1. The van der Waals surface area contributed by atoms with Crippen LogP contribution in [0.3, 0.4) is 0 Å². The summed E-state index contributed by atoms with van der Waals surface area (Å²) in [4.78, 5) is 16.9. The van der Waals surface area contributed by atoms with E-state index in [9.17, 15) is 4.79 Å². The van der Waals surface area contributed by atoms with Crippen molar-refractivity contribution < 1.29 is 19.0 Å². The lowest BCUT2D eigenvalue weighted by Gasteiger charge is -2.21. The number of hydrogen-bond acceptors (Lipinski definition) is 7. The number of thiazole rings is 1. The lowest BCUT2D eigenvalue weighted by atomic mass is 9.97. The minimum Gasteiger partial charge on any atom is -0.493 e. The van der Waals surface area contributed by atoms with Crippen molar-refractivity contribution in [2.45, 2.75) is 12.8 Å². The molecule has 0 bridgehead atoms. The van der Waals surface area contributed by atoms with Crippen molar-refractivity contribution in [3.05, 3.63) is 17.5 Å². The summed E-state index contributed by atoms with van der Waals surface area (Å²) in [6.07, 6.45) is 1.72. The molecule has 0 spiro atoms. The highest BCUT2D eigenvalue weighted by atomic mass is 32.1. The third-order valence-corrected chi connectivity index (χ3v) is 5.16. The monoisotopic (exact) mass is 377 g/mol. The summed E-state index contributed by atoms with van der Waals surface area (Å²) < 4.78 is 16.1. The van der Waals surface area contributed by atoms with Crippen LogP contribution in [-0.4, -0.2) is 45.3 Å². The van der Waals surface area contributed by atoms with Gasteiger partial charge < -0.3 is 24.8 Å². The van der Waals surface area contributed by atoms with Gasteiger partial charge in [-0.2, -0.15) is 0 Å². The fraction of sp³-hybridized carbons (Fsp3) is 0.444. The molecule has 1 aromatic carbocycles. The van der Waals surface area contributed by atoms with Crippen molar-refractivity contribution in [3.8, 4) is 28.5 Å². The Bertz CT molecular complexity index is 747. The van der Waals surface area contributed by atoms with Gasteiger partial charge in [-0.05, 0) is 38.1 Å². The molecule has 2 aromatic rings. The number of nitrogens with zero attached hydrogens (tertiary/aromatic N) is 1. The van der Waals surface area contributed by atoms with E-state index in [4.69, 9.17) is 14.2 Å². The van der Waals surface area contributed by atoms with Gasteiger partial charge in [-0.1, -0.05) is 0 Å². The van der Waals surface area contributed by atoms with Crippen molar-refractivity contribution in [2.75, 3.05) is 39.7 Å². The number of anilines is 1. The van der Waals surface area contributed by atoms with Crippen LogP contribution >= 0.6 is 11.3 Å². The van der Waals surface area contributed by atoms with Gasteiger partial charge >= 0.3 is 0 Å². The van der Waals surface area contributed by atoms with E-state index in [2.05, 4.69) is 15.6 Å². The molecule has 0 atom stereocenters. The van der Waals surface area contributed by atoms with Gasteiger partial charge in [0.2, 0.25) is 11.7 Å². The Morgan fingerprint density at radius 3 is 2.38 bits per heavy atom. The molecule has 1 saturated heterocycles. The van der Waals surface area contributed by atoms with Crippen LogP contribution in [-0.2, 0) is 4.79 Å². The zero-order valence-electron chi connectivity index (χ0n) is 15.1. The van der Waals surface area contributed by atoms with E-state index in [1.54, 1.807) is 21.3 Å². The number of amides is 1. The van der Waals surface area contributed by atoms with Crippen LogP contribution in [0.2, 0.25) is 0 Å². The number of rotatable bonds is 6. The van der Waals surface area contributed by atoms with Crippen molar-refractivity contribution in [3.63, 3.8) is 0 Å². The molecular weight excluding hydrogens is 354 g/mol. The Labute approximate surface area is 156 Å². The molecule has 3 rings (SSSR count). The maximum Gasteiger partial charge on any atom is 0.229 e. The minimum absolute atomic E-state index is 0.0392. The third-order valence-electron chi connectivity index (χ3n) is 4.40. The maximum atomic E-state index is 12.4. The van der Waals surface area contributed by atoms with Crippen molar-refractivity contribution in [1.82, 2.24) is 10.3 Å². The third kappa shape index (κ3) is 3.91. The van der Waals surface area contributed by atoms with Crippen LogP contribution in [0.5, 0.6) is 17.2 Å². The normalized spacial score (nSPS) is 14.7. The molecule has 7 nitrogen and oxygen atoms in total. The first-order valence-corrected chi connectivity index (χ1v) is 9.31. The SMILES string of the molecule is COc1cc(-c2csc(NC(=O)C3CCNCC3)n2)cc(OC)c1OC. The van der Waals surface area contributed by atoms with Gasteiger partial charge in [-0.3, -0.25) is 4.79 Å². The van der Waals surface area contributed by atoms with Crippen molar-refractivity contribution >= 4 is 22.4 Å². The summed E-state index contributed by atoms with van der Waals surface area (Å²) in [7, 11) is 4.72. The molecule has 0 radical (unpaired) electrons. The van der Waals surface area contributed by atoms with E-state index < -0.39 is 0 Å². The molecule has 1 fully saturated rings. The minimum atomic E-state index is 0.0392. The molecule has 1 aromatic heterocycles. The quantitative estimate of drug-likeness (QED) is 0.806. The molecule has 8 heteroatoms. The van der Waals surface area contributed by atoms with Crippen molar-refractivity contribution in [1.29, 1.82) is 0 Å². The lowest BCUT2D eigenvalue weighted by Crippen LogP contribution is -2.34. The molecular formula is C18H23N3O4S. The first kappa shape index (κ1) is 18.5. The number of hydrogen-bond donors (Lipinski definition) is 2. The predicted molar refractivity (Wildman–Crippen MR) is 101 cm³/mol. The van der Waals surface area contributed by atoms with Crippen LogP contribution in [0.4, 0.5) is 5.13 Å². The first-order valence-electron chi connectivity index (χ1n) is 8.43. The highest BCUT2D eigenvalue weighted by Gasteiger charge is 2.22. The molecule has 26 heavy (non-hydrogen) atoms. The molecule has 0 unspecified atom stereocenters. The summed E-state index contributed by atoms with van der Waals surface area (Å²) >= 11 is 1.40. The second kappa shape index (κ2) is 8.37. The maximum absolute atomic E-state index is 12.4. The summed E-state index contributed by atoms with van der Waals surface area (Å²) in [5, 5.41) is 8.69. The zero-order valence-corrected chi connectivity index (χ0v) is 15.9. The van der Waals surface area contributed by atoms with E-state index in [1.807, 2.05) is 17.5 Å². The van der Waals surface area contributed by atoms with E-state index in [-0.39, 0.29) is 11.8 Å². The molecule has 140 valence electrons. The number of piperidine rings is 1. The Kier molecular flexibility index (Phi) is 5.95. The topological polar surface area (TPSA) is 81.7 Å². The molecule has 2 heterocycles. The zero-order chi connectivity index (χ0) is 18.5. The summed E-state index contributed by atoms with van der Waals surface area (Å²) in [5.74, 6) is 1.75. The number of aromatic nitrogens is 1. The fourth-order valence-corrected chi connectivity index (χ4v) is 3.71.